The predicted octanol–water partition coefficient (Wildman–Crippen LogP) is 4.27. The molecule has 98 valence electrons. The highest BCUT2D eigenvalue weighted by atomic mass is 79.9. The van der Waals surface area contributed by atoms with Crippen molar-refractivity contribution < 1.29 is 13.6 Å². The number of rotatable bonds is 2. The standard InChI is InChI=1S/C13H8BrF2NOS/c14-9-5-11(16)12(6-10(9)15)17-13(18)7-2-1-3-8(19)4-7/h1-6,19H,(H,17,18). The van der Waals surface area contributed by atoms with Crippen LogP contribution in [0.3, 0.4) is 0 Å². The maximum Gasteiger partial charge on any atom is 0.255 e. The highest BCUT2D eigenvalue weighted by molar-refractivity contribution is 9.10. The van der Waals surface area contributed by atoms with E-state index in [2.05, 4.69) is 33.9 Å². The number of amides is 1. The normalized spacial score (nSPS) is 10.3. The molecular formula is C13H8BrF2NOS. The van der Waals surface area contributed by atoms with Crippen molar-refractivity contribution in [3.05, 3.63) is 58.1 Å². The molecule has 1 amide bonds. The Balaban J connectivity index is 2.27. The second-order valence-corrected chi connectivity index (χ2v) is 5.12. The fourth-order valence-corrected chi connectivity index (χ4v) is 2.00. The Morgan fingerprint density at radius 1 is 1.16 bits per heavy atom. The fourth-order valence-electron chi connectivity index (χ4n) is 1.46. The largest absolute Gasteiger partial charge is 0.319 e. The van der Waals surface area contributed by atoms with Gasteiger partial charge in [-0.3, -0.25) is 4.79 Å². The van der Waals surface area contributed by atoms with E-state index in [1.165, 1.54) is 6.07 Å². The Hall–Kier alpha value is -1.40. The summed E-state index contributed by atoms with van der Waals surface area (Å²) in [4.78, 5) is 12.5. The number of benzene rings is 2. The van der Waals surface area contributed by atoms with E-state index in [1.54, 1.807) is 18.2 Å². The lowest BCUT2D eigenvalue weighted by Gasteiger charge is -2.08. The minimum Gasteiger partial charge on any atom is -0.319 e. The predicted molar refractivity (Wildman–Crippen MR) is 75.7 cm³/mol. The van der Waals surface area contributed by atoms with Crippen molar-refractivity contribution in [1.29, 1.82) is 0 Å². The summed E-state index contributed by atoms with van der Waals surface area (Å²) in [7, 11) is 0. The molecule has 0 saturated carbocycles. The summed E-state index contributed by atoms with van der Waals surface area (Å²) < 4.78 is 26.9. The minimum atomic E-state index is -0.719. The number of hydrogen-bond donors (Lipinski definition) is 2. The third kappa shape index (κ3) is 3.33. The number of anilines is 1. The quantitative estimate of drug-likeness (QED) is 0.618. The molecule has 0 heterocycles. The lowest BCUT2D eigenvalue weighted by molar-refractivity contribution is 0.102. The summed E-state index contributed by atoms with van der Waals surface area (Å²) in [6.07, 6.45) is 0. The Morgan fingerprint density at radius 3 is 2.58 bits per heavy atom. The van der Waals surface area contributed by atoms with Gasteiger partial charge in [-0.05, 0) is 40.2 Å². The van der Waals surface area contributed by atoms with E-state index in [-0.39, 0.29) is 10.2 Å². The Kier molecular flexibility index (Phi) is 4.21. The molecule has 0 aliphatic heterocycles. The third-order valence-electron chi connectivity index (χ3n) is 2.37. The SMILES string of the molecule is O=C(Nc1cc(F)c(Br)cc1F)c1cccc(S)c1. The van der Waals surface area contributed by atoms with E-state index >= 15 is 0 Å². The van der Waals surface area contributed by atoms with E-state index in [9.17, 15) is 13.6 Å². The molecule has 1 N–H and O–H groups in total. The minimum absolute atomic E-state index is 0.000328. The highest BCUT2D eigenvalue weighted by Gasteiger charge is 2.12. The van der Waals surface area contributed by atoms with Crippen molar-refractivity contribution in [3.63, 3.8) is 0 Å². The maximum absolute atomic E-state index is 13.6. The Labute approximate surface area is 122 Å². The smallest absolute Gasteiger partial charge is 0.255 e. The lowest BCUT2D eigenvalue weighted by atomic mass is 10.2. The summed E-state index contributed by atoms with van der Waals surface area (Å²) in [5.41, 5.74) is 0.102. The van der Waals surface area contributed by atoms with E-state index < -0.39 is 17.5 Å². The van der Waals surface area contributed by atoms with Gasteiger partial charge in [0.15, 0.2) is 0 Å². The average Bonchev–Trinajstić information content (AvgIpc) is 2.36. The molecule has 19 heavy (non-hydrogen) atoms. The van der Waals surface area contributed by atoms with Crippen LogP contribution < -0.4 is 5.32 Å². The molecule has 2 aromatic rings. The van der Waals surface area contributed by atoms with Crippen LogP contribution in [0.15, 0.2) is 45.8 Å². The number of hydrogen-bond acceptors (Lipinski definition) is 2. The van der Waals surface area contributed by atoms with Crippen LogP contribution in [0.4, 0.5) is 14.5 Å². The molecule has 0 radical (unpaired) electrons. The molecule has 0 atom stereocenters. The Morgan fingerprint density at radius 2 is 1.89 bits per heavy atom. The summed E-state index contributed by atoms with van der Waals surface area (Å²) in [6, 6.07) is 8.32. The van der Waals surface area contributed by atoms with Crippen LogP contribution in [-0.4, -0.2) is 5.91 Å². The first kappa shape index (κ1) is 14.0. The maximum atomic E-state index is 13.6. The first-order chi connectivity index (χ1) is 8.97. The van der Waals surface area contributed by atoms with Gasteiger partial charge in [-0.25, -0.2) is 8.78 Å². The van der Waals surface area contributed by atoms with Crippen LogP contribution in [-0.2, 0) is 0 Å². The first-order valence-electron chi connectivity index (χ1n) is 5.22. The van der Waals surface area contributed by atoms with E-state index in [4.69, 9.17) is 0 Å². The molecule has 0 fully saturated rings. The van der Waals surface area contributed by atoms with Crippen molar-refractivity contribution in [3.8, 4) is 0 Å². The lowest BCUT2D eigenvalue weighted by Crippen LogP contribution is -2.13. The van der Waals surface area contributed by atoms with Crippen LogP contribution in [0.2, 0.25) is 0 Å². The van der Waals surface area contributed by atoms with Crippen LogP contribution in [0.5, 0.6) is 0 Å². The first-order valence-corrected chi connectivity index (χ1v) is 6.46. The van der Waals surface area contributed by atoms with Gasteiger partial charge in [-0.1, -0.05) is 6.07 Å². The van der Waals surface area contributed by atoms with Crippen LogP contribution in [0.25, 0.3) is 0 Å². The molecule has 0 spiro atoms. The van der Waals surface area contributed by atoms with Gasteiger partial charge in [0, 0.05) is 16.5 Å². The molecule has 0 unspecified atom stereocenters. The molecule has 0 bridgehead atoms. The van der Waals surface area contributed by atoms with Gasteiger partial charge >= 0.3 is 0 Å². The van der Waals surface area contributed by atoms with E-state index in [0.29, 0.717) is 10.5 Å². The summed E-state index contributed by atoms with van der Waals surface area (Å²) in [5.74, 6) is -1.90. The monoisotopic (exact) mass is 343 g/mol. The molecule has 0 saturated heterocycles. The van der Waals surface area contributed by atoms with Gasteiger partial charge in [-0.15, -0.1) is 12.6 Å². The molecule has 0 aromatic heterocycles. The van der Waals surface area contributed by atoms with Crippen LogP contribution >= 0.6 is 28.6 Å². The average molecular weight is 344 g/mol. The number of carbonyl (C=O) groups is 1. The zero-order valence-electron chi connectivity index (χ0n) is 9.45. The second-order valence-electron chi connectivity index (χ2n) is 3.75. The van der Waals surface area contributed by atoms with Crippen molar-refractivity contribution >= 4 is 40.2 Å². The van der Waals surface area contributed by atoms with Gasteiger partial charge in [0.25, 0.3) is 5.91 Å². The molecular weight excluding hydrogens is 336 g/mol. The van der Waals surface area contributed by atoms with Gasteiger partial charge in [0.1, 0.15) is 11.6 Å². The van der Waals surface area contributed by atoms with Crippen molar-refractivity contribution in [2.45, 2.75) is 4.90 Å². The molecule has 0 aliphatic carbocycles. The molecule has 2 nitrogen and oxygen atoms in total. The molecule has 2 aromatic carbocycles. The second kappa shape index (κ2) is 5.71. The molecule has 0 aliphatic rings. The molecule has 6 heteroatoms. The third-order valence-corrected chi connectivity index (χ3v) is 3.25. The number of thiol groups is 1. The van der Waals surface area contributed by atoms with Crippen molar-refractivity contribution in [2.24, 2.45) is 0 Å². The van der Waals surface area contributed by atoms with Gasteiger partial charge in [0.05, 0.1) is 10.2 Å². The number of carbonyl (C=O) groups excluding carboxylic acids is 1. The summed E-state index contributed by atoms with van der Waals surface area (Å²) in [5, 5.41) is 2.31. The van der Waals surface area contributed by atoms with Gasteiger partial charge in [-0.2, -0.15) is 0 Å². The highest BCUT2D eigenvalue weighted by Crippen LogP contribution is 2.24. The Bertz CT molecular complexity index is 649. The topological polar surface area (TPSA) is 29.1 Å². The number of nitrogens with one attached hydrogen (secondary N) is 1. The van der Waals surface area contributed by atoms with E-state index in [1.807, 2.05) is 0 Å². The van der Waals surface area contributed by atoms with Gasteiger partial charge in [0.2, 0.25) is 0 Å². The van der Waals surface area contributed by atoms with Crippen molar-refractivity contribution in [2.75, 3.05) is 5.32 Å². The van der Waals surface area contributed by atoms with Crippen LogP contribution in [0, 0.1) is 11.6 Å². The fraction of sp³-hybridized carbons (Fsp3) is 0. The van der Waals surface area contributed by atoms with Crippen LogP contribution in [0.1, 0.15) is 10.4 Å². The zero-order chi connectivity index (χ0) is 14.0. The number of halogens is 3. The summed E-state index contributed by atoms with van der Waals surface area (Å²) in [6.45, 7) is 0. The zero-order valence-corrected chi connectivity index (χ0v) is 11.9. The summed E-state index contributed by atoms with van der Waals surface area (Å²) >= 11 is 6.97. The molecule has 2 rings (SSSR count). The van der Waals surface area contributed by atoms with Gasteiger partial charge < -0.3 is 5.32 Å². The van der Waals surface area contributed by atoms with Crippen molar-refractivity contribution in [1.82, 2.24) is 0 Å². The van der Waals surface area contributed by atoms with E-state index in [0.717, 1.165) is 12.1 Å².